The molecule has 2 aromatic heterocycles. The molecular formula is C21H18N4O. The zero-order valence-corrected chi connectivity index (χ0v) is 14.4. The van der Waals surface area contributed by atoms with Gasteiger partial charge in [0.15, 0.2) is 5.65 Å². The summed E-state index contributed by atoms with van der Waals surface area (Å²) in [5.74, 6) is -0.118. The molecule has 128 valence electrons. The minimum Gasteiger partial charge on any atom is -0.346 e. The quantitative estimate of drug-likeness (QED) is 0.616. The van der Waals surface area contributed by atoms with Crippen molar-refractivity contribution in [2.45, 2.75) is 13.5 Å². The maximum absolute atomic E-state index is 12.4. The van der Waals surface area contributed by atoms with Crippen LogP contribution in [-0.2, 0) is 6.54 Å². The summed E-state index contributed by atoms with van der Waals surface area (Å²) in [5.41, 5.74) is 4.98. The van der Waals surface area contributed by atoms with Crippen LogP contribution in [0.4, 0.5) is 0 Å². The van der Waals surface area contributed by atoms with Crippen LogP contribution >= 0.6 is 0 Å². The first-order valence-corrected chi connectivity index (χ1v) is 8.46. The molecule has 4 rings (SSSR count). The molecule has 0 saturated carbocycles. The van der Waals surface area contributed by atoms with Gasteiger partial charge in [0.05, 0.1) is 23.6 Å². The van der Waals surface area contributed by atoms with Gasteiger partial charge in [-0.2, -0.15) is 5.10 Å². The van der Waals surface area contributed by atoms with Crippen LogP contribution in [0.1, 0.15) is 21.7 Å². The first-order chi connectivity index (χ1) is 12.7. The second-order valence-electron chi connectivity index (χ2n) is 6.07. The fourth-order valence-electron chi connectivity index (χ4n) is 2.91. The molecule has 4 aromatic rings. The number of aromatic nitrogens is 3. The Morgan fingerprint density at radius 2 is 1.65 bits per heavy atom. The van der Waals surface area contributed by atoms with Crippen LogP contribution in [-0.4, -0.2) is 20.5 Å². The molecule has 5 nitrogen and oxygen atoms in total. The lowest BCUT2D eigenvalue weighted by atomic mass is 10.1. The van der Waals surface area contributed by atoms with Gasteiger partial charge in [-0.25, -0.2) is 9.50 Å². The van der Waals surface area contributed by atoms with E-state index in [1.165, 1.54) is 0 Å². The van der Waals surface area contributed by atoms with E-state index in [2.05, 4.69) is 10.4 Å². The minimum absolute atomic E-state index is 0.118. The van der Waals surface area contributed by atoms with Crippen molar-refractivity contribution in [1.29, 1.82) is 0 Å². The number of hydrogen-bond acceptors (Lipinski definition) is 3. The van der Waals surface area contributed by atoms with Gasteiger partial charge in [0.25, 0.3) is 5.91 Å². The fourth-order valence-corrected chi connectivity index (χ4v) is 2.91. The second-order valence-corrected chi connectivity index (χ2v) is 6.07. The SMILES string of the molecule is Cc1ccc2nc(-c3ccccc3)c(CNC(=O)c3ccccc3)n2n1. The maximum atomic E-state index is 12.4. The average molecular weight is 342 g/mol. The van der Waals surface area contributed by atoms with Crippen molar-refractivity contribution >= 4 is 11.6 Å². The third-order valence-corrected chi connectivity index (χ3v) is 4.20. The van der Waals surface area contributed by atoms with Crippen molar-refractivity contribution in [2.24, 2.45) is 0 Å². The highest BCUT2D eigenvalue weighted by Crippen LogP contribution is 2.24. The molecule has 0 atom stereocenters. The van der Waals surface area contributed by atoms with Gasteiger partial charge in [0.1, 0.15) is 0 Å². The van der Waals surface area contributed by atoms with E-state index >= 15 is 0 Å². The third kappa shape index (κ3) is 3.07. The number of hydrogen-bond donors (Lipinski definition) is 1. The van der Waals surface area contributed by atoms with Crippen molar-refractivity contribution in [2.75, 3.05) is 0 Å². The van der Waals surface area contributed by atoms with Crippen LogP contribution in [0, 0.1) is 6.92 Å². The van der Waals surface area contributed by atoms with Crippen LogP contribution in [0.25, 0.3) is 16.9 Å². The Morgan fingerprint density at radius 3 is 2.38 bits per heavy atom. The number of aryl methyl sites for hydroxylation is 1. The maximum Gasteiger partial charge on any atom is 0.251 e. The molecule has 2 heterocycles. The molecule has 0 aliphatic heterocycles. The molecule has 5 heteroatoms. The summed E-state index contributed by atoms with van der Waals surface area (Å²) in [6.07, 6.45) is 0. The van der Waals surface area contributed by atoms with E-state index in [0.29, 0.717) is 12.1 Å². The molecule has 0 aliphatic carbocycles. The Bertz CT molecular complexity index is 1060. The molecule has 0 spiro atoms. The summed E-state index contributed by atoms with van der Waals surface area (Å²) < 4.78 is 1.81. The van der Waals surface area contributed by atoms with Crippen molar-refractivity contribution < 1.29 is 4.79 Å². The van der Waals surface area contributed by atoms with Gasteiger partial charge in [0, 0.05) is 11.1 Å². The monoisotopic (exact) mass is 342 g/mol. The largest absolute Gasteiger partial charge is 0.346 e. The predicted molar refractivity (Wildman–Crippen MR) is 101 cm³/mol. The first kappa shape index (κ1) is 16.0. The van der Waals surface area contributed by atoms with Crippen molar-refractivity contribution in [3.8, 4) is 11.3 Å². The summed E-state index contributed by atoms with van der Waals surface area (Å²) in [4.78, 5) is 17.2. The number of carbonyl (C=O) groups is 1. The van der Waals surface area contributed by atoms with E-state index in [1.54, 1.807) is 12.1 Å². The molecule has 26 heavy (non-hydrogen) atoms. The molecule has 0 radical (unpaired) electrons. The molecule has 1 N–H and O–H groups in total. The van der Waals surface area contributed by atoms with Gasteiger partial charge in [-0.15, -0.1) is 0 Å². The Labute approximate surface area is 151 Å². The zero-order chi connectivity index (χ0) is 17.9. The molecule has 0 bridgehead atoms. The summed E-state index contributed by atoms with van der Waals surface area (Å²) in [6.45, 7) is 2.28. The number of rotatable bonds is 4. The normalized spacial score (nSPS) is 10.8. The van der Waals surface area contributed by atoms with E-state index in [-0.39, 0.29) is 5.91 Å². The zero-order valence-electron chi connectivity index (χ0n) is 14.4. The van der Waals surface area contributed by atoms with E-state index in [4.69, 9.17) is 4.98 Å². The summed E-state index contributed by atoms with van der Waals surface area (Å²) in [5, 5.41) is 7.56. The molecule has 0 unspecified atom stereocenters. The molecule has 1 amide bonds. The van der Waals surface area contributed by atoms with Crippen LogP contribution in [0.5, 0.6) is 0 Å². The van der Waals surface area contributed by atoms with E-state index in [9.17, 15) is 4.79 Å². The molecule has 0 saturated heterocycles. The van der Waals surface area contributed by atoms with E-state index < -0.39 is 0 Å². The van der Waals surface area contributed by atoms with Crippen molar-refractivity contribution in [1.82, 2.24) is 19.9 Å². The van der Waals surface area contributed by atoms with Crippen LogP contribution in [0.3, 0.4) is 0 Å². The Balaban J connectivity index is 1.72. The highest BCUT2D eigenvalue weighted by Gasteiger charge is 2.16. The molecular weight excluding hydrogens is 324 g/mol. The van der Waals surface area contributed by atoms with E-state index in [0.717, 1.165) is 28.3 Å². The number of benzene rings is 2. The summed E-state index contributed by atoms with van der Waals surface area (Å²) in [6, 6.07) is 23.0. The average Bonchev–Trinajstić information content (AvgIpc) is 3.05. The summed E-state index contributed by atoms with van der Waals surface area (Å²) in [7, 11) is 0. The smallest absolute Gasteiger partial charge is 0.251 e. The minimum atomic E-state index is -0.118. The van der Waals surface area contributed by atoms with Crippen molar-refractivity contribution in [3.05, 3.63) is 89.7 Å². The Hall–Kier alpha value is -3.47. The first-order valence-electron chi connectivity index (χ1n) is 8.46. The number of fused-ring (bicyclic) bond motifs is 1. The van der Waals surface area contributed by atoms with Gasteiger partial charge < -0.3 is 5.32 Å². The highest BCUT2D eigenvalue weighted by atomic mass is 16.1. The standard InChI is InChI=1S/C21H18N4O/c1-15-12-13-19-23-20(16-8-4-2-5-9-16)18(25(19)24-15)14-22-21(26)17-10-6-3-7-11-17/h2-13H,14H2,1H3,(H,22,26). The number of amides is 1. The lowest BCUT2D eigenvalue weighted by molar-refractivity contribution is 0.0950. The number of carbonyl (C=O) groups excluding carboxylic acids is 1. The number of nitrogens with zero attached hydrogens (tertiary/aromatic N) is 3. The molecule has 0 aliphatic rings. The Morgan fingerprint density at radius 1 is 0.962 bits per heavy atom. The summed E-state index contributed by atoms with van der Waals surface area (Å²) >= 11 is 0. The van der Waals surface area contributed by atoms with Crippen LogP contribution < -0.4 is 5.32 Å². The van der Waals surface area contributed by atoms with Gasteiger partial charge in [-0.05, 0) is 31.2 Å². The van der Waals surface area contributed by atoms with Crippen molar-refractivity contribution in [3.63, 3.8) is 0 Å². The number of imidazole rings is 1. The second kappa shape index (κ2) is 6.80. The Kier molecular flexibility index (Phi) is 4.19. The third-order valence-electron chi connectivity index (χ3n) is 4.20. The van der Waals surface area contributed by atoms with Gasteiger partial charge in [0.2, 0.25) is 0 Å². The van der Waals surface area contributed by atoms with Gasteiger partial charge in [-0.3, -0.25) is 4.79 Å². The van der Waals surface area contributed by atoms with E-state index in [1.807, 2.05) is 72.1 Å². The fraction of sp³-hybridized carbons (Fsp3) is 0.0952. The lowest BCUT2D eigenvalue weighted by Crippen LogP contribution is -2.24. The number of nitrogens with one attached hydrogen (secondary N) is 1. The topological polar surface area (TPSA) is 59.3 Å². The predicted octanol–water partition coefficient (Wildman–Crippen LogP) is 3.63. The van der Waals surface area contributed by atoms with Crippen LogP contribution in [0.15, 0.2) is 72.8 Å². The van der Waals surface area contributed by atoms with Crippen LogP contribution in [0.2, 0.25) is 0 Å². The highest BCUT2D eigenvalue weighted by molar-refractivity contribution is 5.94. The molecule has 2 aromatic carbocycles. The molecule has 0 fully saturated rings. The van der Waals surface area contributed by atoms with Gasteiger partial charge in [-0.1, -0.05) is 48.5 Å². The van der Waals surface area contributed by atoms with Gasteiger partial charge >= 0.3 is 0 Å². The lowest BCUT2D eigenvalue weighted by Gasteiger charge is -2.07.